The fraction of sp³-hybridized carbons (Fsp3) is 0.500. The molecule has 0 aliphatic heterocycles. The zero-order valence-electron chi connectivity index (χ0n) is 9.95. The van der Waals surface area contributed by atoms with Gasteiger partial charge in [0, 0.05) is 13.3 Å². The number of pyridine rings is 1. The highest BCUT2D eigenvalue weighted by Crippen LogP contribution is 2.16. The van der Waals surface area contributed by atoms with Crippen LogP contribution in [0.1, 0.15) is 24.5 Å². The van der Waals surface area contributed by atoms with Crippen molar-refractivity contribution in [2.75, 3.05) is 19.0 Å². The van der Waals surface area contributed by atoms with Crippen molar-refractivity contribution in [2.45, 2.75) is 26.3 Å². The van der Waals surface area contributed by atoms with E-state index >= 15 is 0 Å². The molecule has 0 saturated heterocycles. The maximum atomic E-state index is 9.05. The molecule has 4 heteroatoms. The summed E-state index contributed by atoms with van der Waals surface area (Å²) in [5, 5.41) is 12.3. The normalized spacial score (nSPS) is 11.9. The molecule has 4 nitrogen and oxygen atoms in total. The second-order valence-corrected chi connectivity index (χ2v) is 3.67. The average Bonchev–Trinajstić information content (AvgIpc) is 2.28. The van der Waals surface area contributed by atoms with Gasteiger partial charge in [0.25, 0.3) is 0 Å². The molecule has 0 fully saturated rings. The Morgan fingerprint density at radius 2 is 2.38 bits per heavy atom. The largest absolute Gasteiger partial charge is 0.383 e. The highest BCUT2D eigenvalue weighted by molar-refractivity contribution is 5.55. The smallest absolute Gasteiger partial charge is 0.144 e. The van der Waals surface area contributed by atoms with Crippen LogP contribution < -0.4 is 5.32 Å². The lowest BCUT2D eigenvalue weighted by atomic mass is 10.1. The van der Waals surface area contributed by atoms with Crippen LogP contribution in [0.25, 0.3) is 0 Å². The maximum absolute atomic E-state index is 9.05. The van der Waals surface area contributed by atoms with Crippen molar-refractivity contribution < 1.29 is 4.74 Å². The Labute approximate surface area is 96.3 Å². The third-order valence-corrected chi connectivity index (χ3v) is 2.47. The summed E-state index contributed by atoms with van der Waals surface area (Å²) >= 11 is 0. The average molecular weight is 219 g/mol. The van der Waals surface area contributed by atoms with Crippen molar-refractivity contribution >= 4 is 5.82 Å². The van der Waals surface area contributed by atoms with Gasteiger partial charge in [-0.2, -0.15) is 5.26 Å². The van der Waals surface area contributed by atoms with E-state index in [1.54, 1.807) is 13.3 Å². The summed E-state index contributed by atoms with van der Waals surface area (Å²) < 4.78 is 5.10. The molecule has 1 aromatic heterocycles. The lowest BCUT2D eigenvalue weighted by Gasteiger charge is -2.17. The van der Waals surface area contributed by atoms with E-state index in [1.807, 2.05) is 13.0 Å². The van der Waals surface area contributed by atoms with Crippen LogP contribution >= 0.6 is 0 Å². The predicted molar refractivity (Wildman–Crippen MR) is 63.3 cm³/mol. The number of nitriles is 1. The van der Waals surface area contributed by atoms with Crippen LogP contribution in [0.5, 0.6) is 0 Å². The molecule has 0 radical (unpaired) electrons. The van der Waals surface area contributed by atoms with Gasteiger partial charge >= 0.3 is 0 Å². The Morgan fingerprint density at radius 3 is 2.94 bits per heavy atom. The van der Waals surface area contributed by atoms with Gasteiger partial charge in [0.2, 0.25) is 0 Å². The molecule has 0 saturated carbocycles. The molecule has 86 valence electrons. The van der Waals surface area contributed by atoms with Crippen LogP contribution in [0, 0.1) is 18.3 Å². The molecule has 16 heavy (non-hydrogen) atoms. The van der Waals surface area contributed by atoms with Crippen molar-refractivity contribution in [1.82, 2.24) is 4.98 Å². The second kappa shape index (κ2) is 6.09. The third kappa shape index (κ3) is 2.94. The lowest BCUT2D eigenvalue weighted by Crippen LogP contribution is -2.25. The topological polar surface area (TPSA) is 57.9 Å². The van der Waals surface area contributed by atoms with E-state index in [0.29, 0.717) is 18.0 Å². The molecule has 1 heterocycles. The van der Waals surface area contributed by atoms with Crippen LogP contribution in [-0.2, 0) is 4.74 Å². The number of aromatic nitrogens is 1. The third-order valence-electron chi connectivity index (χ3n) is 2.47. The minimum atomic E-state index is 0.186. The zero-order chi connectivity index (χ0) is 12.0. The Hall–Kier alpha value is -1.60. The highest BCUT2D eigenvalue weighted by Gasteiger charge is 2.11. The second-order valence-electron chi connectivity index (χ2n) is 3.67. The maximum Gasteiger partial charge on any atom is 0.144 e. The summed E-state index contributed by atoms with van der Waals surface area (Å²) in [6.07, 6.45) is 2.63. The van der Waals surface area contributed by atoms with Crippen molar-refractivity contribution in [3.05, 3.63) is 23.4 Å². The molecule has 0 aliphatic rings. The first kappa shape index (κ1) is 12.5. The van der Waals surface area contributed by atoms with Crippen molar-refractivity contribution in [3.63, 3.8) is 0 Å². The van der Waals surface area contributed by atoms with Crippen LogP contribution in [0.4, 0.5) is 5.82 Å². The van der Waals surface area contributed by atoms with Crippen LogP contribution in [0.2, 0.25) is 0 Å². The molecular weight excluding hydrogens is 202 g/mol. The summed E-state index contributed by atoms with van der Waals surface area (Å²) in [6.45, 7) is 4.58. The van der Waals surface area contributed by atoms with Gasteiger partial charge in [-0.25, -0.2) is 4.98 Å². The number of aryl methyl sites for hydroxylation is 1. The lowest BCUT2D eigenvalue weighted by molar-refractivity contribution is 0.184. The van der Waals surface area contributed by atoms with Gasteiger partial charge in [0.1, 0.15) is 11.9 Å². The number of nitrogens with one attached hydrogen (secondary N) is 1. The van der Waals surface area contributed by atoms with Crippen LogP contribution in [-0.4, -0.2) is 24.7 Å². The van der Waals surface area contributed by atoms with E-state index in [9.17, 15) is 0 Å². The molecule has 1 unspecified atom stereocenters. The van der Waals surface area contributed by atoms with E-state index < -0.39 is 0 Å². The molecule has 1 aromatic rings. The summed E-state index contributed by atoms with van der Waals surface area (Å²) in [5.41, 5.74) is 1.55. The number of anilines is 1. The van der Waals surface area contributed by atoms with E-state index in [2.05, 4.69) is 23.3 Å². The number of hydrogen-bond donors (Lipinski definition) is 1. The quantitative estimate of drug-likeness (QED) is 0.824. The molecule has 0 amide bonds. The van der Waals surface area contributed by atoms with Gasteiger partial charge in [-0.05, 0) is 25.0 Å². The van der Waals surface area contributed by atoms with Gasteiger partial charge in [-0.1, -0.05) is 6.92 Å². The fourth-order valence-electron chi connectivity index (χ4n) is 1.46. The molecule has 1 rings (SSSR count). The van der Waals surface area contributed by atoms with Gasteiger partial charge in [0.15, 0.2) is 0 Å². The Balaban J connectivity index is 2.88. The van der Waals surface area contributed by atoms with Crippen LogP contribution in [0.3, 0.4) is 0 Å². The number of hydrogen-bond acceptors (Lipinski definition) is 4. The van der Waals surface area contributed by atoms with Crippen LogP contribution in [0.15, 0.2) is 12.3 Å². The molecular formula is C12H17N3O. The van der Waals surface area contributed by atoms with Gasteiger partial charge in [-0.15, -0.1) is 0 Å². The Kier molecular flexibility index (Phi) is 4.74. The first-order valence-electron chi connectivity index (χ1n) is 5.34. The van der Waals surface area contributed by atoms with Gasteiger partial charge < -0.3 is 10.1 Å². The molecule has 1 atom stereocenters. The van der Waals surface area contributed by atoms with Crippen molar-refractivity contribution in [3.8, 4) is 6.07 Å². The summed E-state index contributed by atoms with van der Waals surface area (Å²) in [6, 6.07) is 4.19. The molecule has 0 aliphatic carbocycles. The van der Waals surface area contributed by atoms with Gasteiger partial charge in [0.05, 0.1) is 18.2 Å². The minimum Gasteiger partial charge on any atom is -0.383 e. The predicted octanol–water partition coefficient (Wildman–Crippen LogP) is 2.10. The minimum absolute atomic E-state index is 0.186. The van der Waals surface area contributed by atoms with E-state index in [0.717, 1.165) is 12.0 Å². The van der Waals surface area contributed by atoms with Gasteiger partial charge in [-0.3, -0.25) is 0 Å². The molecule has 1 N–H and O–H groups in total. The summed E-state index contributed by atoms with van der Waals surface area (Å²) in [4.78, 5) is 4.19. The van der Waals surface area contributed by atoms with E-state index in [-0.39, 0.29) is 6.04 Å². The Morgan fingerprint density at radius 1 is 1.62 bits per heavy atom. The monoisotopic (exact) mass is 219 g/mol. The highest BCUT2D eigenvalue weighted by atomic mass is 16.5. The Bertz CT molecular complexity index is 384. The zero-order valence-corrected chi connectivity index (χ0v) is 9.95. The number of rotatable bonds is 5. The first-order chi connectivity index (χ1) is 7.72. The summed E-state index contributed by atoms with van der Waals surface area (Å²) in [7, 11) is 1.67. The van der Waals surface area contributed by atoms with Crippen molar-refractivity contribution in [1.29, 1.82) is 5.26 Å². The van der Waals surface area contributed by atoms with E-state index in [4.69, 9.17) is 10.00 Å². The number of methoxy groups -OCH3 is 1. The SMILES string of the molecule is CCC(COC)Nc1nccc(C)c1C#N. The fourth-order valence-corrected chi connectivity index (χ4v) is 1.46. The standard InChI is InChI=1S/C12H17N3O/c1-4-10(8-16-3)15-12-11(7-13)9(2)5-6-14-12/h5-6,10H,4,8H2,1-3H3,(H,14,15). The van der Waals surface area contributed by atoms with E-state index in [1.165, 1.54) is 0 Å². The molecule has 0 bridgehead atoms. The first-order valence-corrected chi connectivity index (χ1v) is 5.34. The number of nitrogens with zero attached hydrogens (tertiary/aromatic N) is 2. The molecule has 0 spiro atoms. The van der Waals surface area contributed by atoms with Crippen molar-refractivity contribution in [2.24, 2.45) is 0 Å². The summed E-state index contributed by atoms with van der Waals surface area (Å²) in [5.74, 6) is 0.645. The molecule has 0 aromatic carbocycles. The number of ether oxygens (including phenoxy) is 1.